The van der Waals surface area contributed by atoms with Gasteiger partial charge in [0.2, 0.25) is 0 Å². The minimum atomic E-state index is -3.22. The predicted octanol–water partition coefficient (Wildman–Crippen LogP) is 3.07. The van der Waals surface area contributed by atoms with Gasteiger partial charge >= 0.3 is 7.60 Å². The van der Waals surface area contributed by atoms with Crippen molar-refractivity contribution in [3.05, 3.63) is 30.3 Å². The number of para-hydroxylation sites is 1. The SMILES string of the molecule is CCOP(=O)(OCC)c1cc2ccccc2n1C. The number of nitrogens with zero attached hydrogens (tertiary/aromatic N) is 1. The Bertz CT molecular complexity index is 581. The molecule has 1 aromatic carbocycles. The summed E-state index contributed by atoms with van der Waals surface area (Å²) in [6.07, 6.45) is 0. The fourth-order valence-electron chi connectivity index (χ4n) is 2.05. The summed E-state index contributed by atoms with van der Waals surface area (Å²) in [6.45, 7) is 4.35. The lowest BCUT2D eigenvalue weighted by atomic mass is 10.2. The molecule has 2 aromatic rings. The largest absolute Gasteiger partial charge is 0.377 e. The molecule has 98 valence electrons. The van der Waals surface area contributed by atoms with Gasteiger partial charge in [-0.3, -0.25) is 4.57 Å². The smallest absolute Gasteiger partial charge is 0.337 e. The molecule has 0 amide bonds. The highest BCUT2D eigenvalue weighted by Gasteiger charge is 2.30. The van der Waals surface area contributed by atoms with Crippen molar-refractivity contribution in [1.29, 1.82) is 0 Å². The highest BCUT2D eigenvalue weighted by Crippen LogP contribution is 2.47. The quantitative estimate of drug-likeness (QED) is 0.782. The average molecular weight is 267 g/mol. The van der Waals surface area contributed by atoms with Gasteiger partial charge in [0.05, 0.1) is 13.2 Å². The molecule has 0 bridgehead atoms. The van der Waals surface area contributed by atoms with Crippen molar-refractivity contribution in [1.82, 2.24) is 4.57 Å². The van der Waals surface area contributed by atoms with E-state index >= 15 is 0 Å². The molecule has 1 aromatic heterocycles. The second-order valence-corrected chi connectivity index (χ2v) is 5.92. The molecule has 2 rings (SSSR count). The summed E-state index contributed by atoms with van der Waals surface area (Å²) in [6, 6.07) is 9.76. The van der Waals surface area contributed by atoms with Crippen LogP contribution >= 0.6 is 7.60 Å². The Hall–Kier alpha value is -1.09. The third-order valence-electron chi connectivity index (χ3n) is 2.81. The van der Waals surface area contributed by atoms with E-state index in [0.717, 1.165) is 10.9 Å². The van der Waals surface area contributed by atoms with E-state index in [1.54, 1.807) is 0 Å². The molecular formula is C13H18NO3P. The first-order valence-corrected chi connectivity index (χ1v) is 7.60. The Balaban J connectivity index is 2.57. The summed E-state index contributed by atoms with van der Waals surface area (Å²) in [4.78, 5) is 0. The van der Waals surface area contributed by atoms with Gasteiger partial charge in [0.25, 0.3) is 0 Å². The lowest BCUT2D eigenvalue weighted by molar-refractivity contribution is 0.229. The van der Waals surface area contributed by atoms with Crippen LogP contribution in [0.1, 0.15) is 13.8 Å². The molecule has 0 N–H and O–H groups in total. The van der Waals surface area contributed by atoms with E-state index in [0.29, 0.717) is 18.6 Å². The number of aryl methyl sites for hydroxylation is 1. The zero-order valence-corrected chi connectivity index (χ0v) is 11.8. The topological polar surface area (TPSA) is 40.5 Å². The first kappa shape index (κ1) is 13.3. The van der Waals surface area contributed by atoms with Gasteiger partial charge in [0, 0.05) is 18.0 Å². The molecule has 0 aliphatic heterocycles. The first-order chi connectivity index (χ1) is 8.62. The lowest BCUT2D eigenvalue weighted by Gasteiger charge is -2.17. The van der Waals surface area contributed by atoms with Gasteiger partial charge in [-0.2, -0.15) is 0 Å². The Kier molecular flexibility index (Phi) is 3.91. The molecule has 0 radical (unpaired) electrons. The molecule has 0 aliphatic rings. The van der Waals surface area contributed by atoms with E-state index < -0.39 is 7.60 Å². The molecule has 0 saturated carbocycles. The molecule has 18 heavy (non-hydrogen) atoms. The Morgan fingerprint density at radius 2 is 1.78 bits per heavy atom. The standard InChI is InChI=1S/C13H18NO3P/c1-4-16-18(15,17-5-2)13-10-11-8-6-7-9-12(11)14(13)3/h6-10H,4-5H2,1-3H3. The monoisotopic (exact) mass is 267 g/mol. The third-order valence-corrected chi connectivity index (χ3v) is 4.99. The van der Waals surface area contributed by atoms with Gasteiger partial charge in [-0.1, -0.05) is 18.2 Å². The van der Waals surface area contributed by atoms with Crippen LogP contribution in [0.15, 0.2) is 30.3 Å². The normalized spacial score (nSPS) is 12.2. The number of aromatic nitrogens is 1. The van der Waals surface area contributed by atoms with Crippen LogP contribution in [0.3, 0.4) is 0 Å². The van der Waals surface area contributed by atoms with Crippen molar-refractivity contribution in [3.8, 4) is 0 Å². The van der Waals surface area contributed by atoms with Crippen molar-refractivity contribution in [3.63, 3.8) is 0 Å². The zero-order valence-electron chi connectivity index (χ0n) is 10.9. The molecule has 0 atom stereocenters. The van der Waals surface area contributed by atoms with Crippen LogP contribution in [0, 0.1) is 0 Å². The summed E-state index contributed by atoms with van der Waals surface area (Å²) < 4.78 is 25.4. The molecular weight excluding hydrogens is 249 g/mol. The molecule has 1 heterocycles. The fourth-order valence-corrected chi connectivity index (χ4v) is 3.84. The van der Waals surface area contributed by atoms with Crippen LogP contribution in [0.4, 0.5) is 0 Å². The lowest BCUT2D eigenvalue weighted by Crippen LogP contribution is -2.17. The highest BCUT2D eigenvalue weighted by atomic mass is 31.2. The van der Waals surface area contributed by atoms with E-state index in [-0.39, 0.29) is 0 Å². The summed E-state index contributed by atoms with van der Waals surface area (Å²) in [5.41, 5.74) is 1.62. The van der Waals surface area contributed by atoms with Crippen LogP contribution in [0.25, 0.3) is 10.9 Å². The second-order valence-electron chi connectivity index (χ2n) is 3.95. The van der Waals surface area contributed by atoms with Crippen LogP contribution < -0.4 is 5.44 Å². The molecule has 0 unspecified atom stereocenters. The Morgan fingerprint density at radius 3 is 2.33 bits per heavy atom. The predicted molar refractivity (Wildman–Crippen MR) is 73.4 cm³/mol. The highest BCUT2D eigenvalue weighted by molar-refractivity contribution is 7.62. The van der Waals surface area contributed by atoms with Crippen LogP contribution in [-0.2, 0) is 20.7 Å². The molecule has 0 saturated heterocycles. The first-order valence-electron chi connectivity index (χ1n) is 6.06. The van der Waals surface area contributed by atoms with Gasteiger partial charge in [-0.15, -0.1) is 0 Å². The number of hydrogen-bond acceptors (Lipinski definition) is 3. The number of rotatable bonds is 5. The van der Waals surface area contributed by atoms with Gasteiger partial charge in [-0.25, -0.2) is 0 Å². The molecule has 4 nitrogen and oxygen atoms in total. The van der Waals surface area contributed by atoms with Crippen molar-refractivity contribution >= 4 is 23.9 Å². The van der Waals surface area contributed by atoms with Gasteiger partial charge in [-0.05, 0) is 26.0 Å². The van der Waals surface area contributed by atoms with E-state index in [1.165, 1.54) is 0 Å². The van der Waals surface area contributed by atoms with E-state index in [4.69, 9.17) is 9.05 Å². The number of benzene rings is 1. The minimum absolute atomic E-state index is 0.360. The number of hydrogen-bond donors (Lipinski definition) is 0. The second kappa shape index (κ2) is 5.27. The zero-order chi connectivity index (χ0) is 13.2. The summed E-state index contributed by atoms with van der Waals surface area (Å²) >= 11 is 0. The Morgan fingerprint density at radius 1 is 1.17 bits per heavy atom. The van der Waals surface area contributed by atoms with Crippen molar-refractivity contribution in [2.45, 2.75) is 13.8 Å². The van der Waals surface area contributed by atoms with E-state index in [9.17, 15) is 4.57 Å². The molecule has 0 spiro atoms. The van der Waals surface area contributed by atoms with Gasteiger partial charge in [0.1, 0.15) is 5.44 Å². The fraction of sp³-hybridized carbons (Fsp3) is 0.385. The molecule has 5 heteroatoms. The maximum absolute atomic E-state index is 12.7. The van der Waals surface area contributed by atoms with Crippen LogP contribution in [-0.4, -0.2) is 17.8 Å². The van der Waals surface area contributed by atoms with Gasteiger partial charge in [0.15, 0.2) is 0 Å². The van der Waals surface area contributed by atoms with Gasteiger partial charge < -0.3 is 13.6 Å². The molecule has 0 aliphatic carbocycles. The maximum atomic E-state index is 12.7. The maximum Gasteiger partial charge on any atom is 0.377 e. The summed E-state index contributed by atoms with van der Waals surface area (Å²) in [5.74, 6) is 0. The summed E-state index contributed by atoms with van der Waals surface area (Å²) in [5, 5.41) is 1.04. The molecule has 0 fully saturated rings. The van der Waals surface area contributed by atoms with Crippen molar-refractivity contribution < 1.29 is 13.6 Å². The van der Waals surface area contributed by atoms with Crippen LogP contribution in [0.2, 0.25) is 0 Å². The van der Waals surface area contributed by atoms with E-state index in [1.807, 2.05) is 55.8 Å². The van der Waals surface area contributed by atoms with Crippen LogP contribution in [0.5, 0.6) is 0 Å². The summed E-state index contributed by atoms with van der Waals surface area (Å²) in [7, 11) is -1.34. The third kappa shape index (κ3) is 2.24. The van der Waals surface area contributed by atoms with Crippen molar-refractivity contribution in [2.24, 2.45) is 7.05 Å². The van der Waals surface area contributed by atoms with E-state index in [2.05, 4.69) is 0 Å². The number of fused-ring (bicyclic) bond motifs is 1. The Labute approximate surface area is 107 Å². The van der Waals surface area contributed by atoms with Crippen molar-refractivity contribution in [2.75, 3.05) is 13.2 Å². The minimum Gasteiger partial charge on any atom is -0.337 e. The average Bonchev–Trinajstić information content (AvgIpc) is 2.69.